The molecule has 1 aliphatic carbocycles. The van der Waals surface area contributed by atoms with Crippen molar-refractivity contribution in [1.29, 1.82) is 0 Å². The number of carbonyl (C=O) groups is 1. The van der Waals surface area contributed by atoms with Crippen molar-refractivity contribution in [2.75, 3.05) is 36.4 Å². The Morgan fingerprint density at radius 3 is 2.41 bits per heavy atom. The number of morpholine rings is 1. The van der Waals surface area contributed by atoms with E-state index in [1.54, 1.807) is 6.20 Å². The second-order valence-corrected chi connectivity index (χ2v) is 8.21. The minimum absolute atomic E-state index is 0.136. The molecular formula is C20H31N5O2. The van der Waals surface area contributed by atoms with E-state index in [1.165, 1.54) is 12.8 Å². The number of amides is 2. The van der Waals surface area contributed by atoms with Gasteiger partial charge in [0.15, 0.2) is 0 Å². The number of hydrogen-bond acceptors (Lipinski definition) is 5. The van der Waals surface area contributed by atoms with Gasteiger partial charge in [0.2, 0.25) is 0 Å². The summed E-state index contributed by atoms with van der Waals surface area (Å²) in [6.45, 7) is 8.04. The van der Waals surface area contributed by atoms with E-state index < -0.39 is 0 Å². The second kappa shape index (κ2) is 8.02. The maximum Gasteiger partial charge on any atom is 0.319 e. The molecule has 1 aromatic rings. The SMILES string of the molecule is CC1CN(c2ccc(NC(=O)NC3CCN(C4CC4)CC3)cn2)CC(C)O1. The molecule has 7 nitrogen and oxygen atoms in total. The lowest BCUT2D eigenvalue weighted by Gasteiger charge is -2.36. The van der Waals surface area contributed by atoms with Gasteiger partial charge in [-0.05, 0) is 51.7 Å². The molecule has 2 atom stereocenters. The molecule has 0 radical (unpaired) electrons. The van der Waals surface area contributed by atoms with Gasteiger partial charge in [0.05, 0.1) is 24.1 Å². The van der Waals surface area contributed by atoms with Crippen LogP contribution >= 0.6 is 0 Å². The molecule has 7 heteroatoms. The number of ether oxygens (including phenoxy) is 1. The van der Waals surface area contributed by atoms with E-state index in [2.05, 4.69) is 39.3 Å². The van der Waals surface area contributed by atoms with Crippen LogP contribution in [0.4, 0.5) is 16.3 Å². The van der Waals surface area contributed by atoms with E-state index in [9.17, 15) is 4.79 Å². The number of likely N-dealkylation sites (tertiary alicyclic amines) is 1. The first-order valence-corrected chi connectivity index (χ1v) is 10.2. The molecule has 2 N–H and O–H groups in total. The van der Waals surface area contributed by atoms with Gasteiger partial charge < -0.3 is 25.2 Å². The largest absolute Gasteiger partial charge is 0.372 e. The quantitative estimate of drug-likeness (QED) is 0.848. The first kappa shape index (κ1) is 18.5. The van der Waals surface area contributed by atoms with Crippen LogP contribution in [-0.4, -0.2) is 66.4 Å². The van der Waals surface area contributed by atoms with Crippen molar-refractivity contribution in [3.05, 3.63) is 18.3 Å². The van der Waals surface area contributed by atoms with Gasteiger partial charge in [0, 0.05) is 38.3 Å². The summed E-state index contributed by atoms with van der Waals surface area (Å²) in [7, 11) is 0. The van der Waals surface area contributed by atoms with Crippen LogP contribution in [-0.2, 0) is 4.74 Å². The average Bonchev–Trinajstić information content (AvgIpc) is 3.47. The van der Waals surface area contributed by atoms with E-state index in [-0.39, 0.29) is 24.3 Å². The predicted molar refractivity (Wildman–Crippen MR) is 106 cm³/mol. The summed E-state index contributed by atoms with van der Waals surface area (Å²) in [4.78, 5) is 21.6. The molecule has 1 saturated carbocycles. The zero-order valence-electron chi connectivity index (χ0n) is 16.4. The molecular weight excluding hydrogens is 342 g/mol. The van der Waals surface area contributed by atoms with Crippen LogP contribution in [0, 0.1) is 0 Å². The fraction of sp³-hybridized carbons (Fsp3) is 0.700. The van der Waals surface area contributed by atoms with Gasteiger partial charge in [-0.15, -0.1) is 0 Å². The van der Waals surface area contributed by atoms with E-state index in [1.807, 2.05) is 12.1 Å². The smallest absolute Gasteiger partial charge is 0.319 e. The monoisotopic (exact) mass is 373 g/mol. The van der Waals surface area contributed by atoms with Crippen LogP contribution in [0.3, 0.4) is 0 Å². The third kappa shape index (κ3) is 4.90. The summed E-state index contributed by atoms with van der Waals surface area (Å²) in [5, 5.41) is 6.02. The molecule has 2 saturated heterocycles. The number of nitrogens with one attached hydrogen (secondary N) is 2. The molecule has 2 amide bonds. The standard InChI is InChI=1S/C20H31N5O2/c1-14-12-25(13-15(2)27-14)19-6-3-17(11-21-19)23-20(26)22-16-7-9-24(10-8-16)18-4-5-18/h3,6,11,14-16,18H,4-5,7-10,12-13H2,1-2H3,(H2,22,23,26). The highest BCUT2D eigenvalue weighted by atomic mass is 16.5. The molecule has 0 aromatic carbocycles. The maximum absolute atomic E-state index is 12.3. The zero-order valence-corrected chi connectivity index (χ0v) is 16.4. The molecule has 0 bridgehead atoms. The molecule has 148 valence electrons. The number of carbonyl (C=O) groups excluding carboxylic acids is 1. The number of anilines is 2. The van der Waals surface area contributed by atoms with E-state index in [4.69, 9.17) is 4.74 Å². The van der Waals surface area contributed by atoms with Crippen molar-refractivity contribution >= 4 is 17.5 Å². The van der Waals surface area contributed by atoms with Crippen LogP contribution in [0.15, 0.2) is 18.3 Å². The fourth-order valence-electron chi connectivity index (χ4n) is 4.21. The molecule has 4 rings (SSSR count). The van der Waals surface area contributed by atoms with Crippen LogP contribution in [0.25, 0.3) is 0 Å². The first-order chi connectivity index (χ1) is 13.1. The molecule has 0 spiro atoms. The maximum atomic E-state index is 12.3. The van der Waals surface area contributed by atoms with Crippen molar-refractivity contribution in [1.82, 2.24) is 15.2 Å². The van der Waals surface area contributed by atoms with Gasteiger partial charge in [-0.2, -0.15) is 0 Å². The Bertz CT molecular complexity index is 630. The van der Waals surface area contributed by atoms with Gasteiger partial charge in [-0.1, -0.05) is 0 Å². The highest BCUT2D eigenvalue weighted by molar-refractivity contribution is 5.89. The number of nitrogens with zero attached hydrogens (tertiary/aromatic N) is 3. The molecule has 3 fully saturated rings. The lowest BCUT2D eigenvalue weighted by molar-refractivity contribution is -0.00545. The number of piperidine rings is 1. The van der Waals surface area contributed by atoms with Crippen molar-refractivity contribution in [3.63, 3.8) is 0 Å². The van der Waals surface area contributed by atoms with E-state index in [0.717, 1.165) is 56.6 Å². The Morgan fingerprint density at radius 1 is 1.11 bits per heavy atom. The van der Waals surface area contributed by atoms with Crippen molar-refractivity contribution in [2.24, 2.45) is 0 Å². The lowest BCUT2D eigenvalue weighted by Crippen LogP contribution is -2.46. The van der Waals surface area contributed by atoms with Crippen LogP contribution in [0.5, 0.6) is 0 Å². The van der Waals surface area contributed by atoms with Gasteiger partial charge in [0.25, 0.3) is 0 Å². The van der Waals surface area contributed by atoms with Gasteiger partial charge in [0.1, 0.15) is 5.82 Å². The van der Waals surface area contributed by atoms with Gasteiger partial charge in [-0.25, -0.2) is 9.78 Å². The van der Waals surface area contributed by atoms with Crippen LogP contribution in [0.1, 0.15) is 39.5 Å². The highest BCUT2D eigenvalue weighted by Crippen LogP contribution is 2.29. The molecule has 3 heterocycles. The van der Waals surface area contributed by atoms with Crippen molar-refractivity contribution in [2.45, 2.75) is 63.8 Å². The fourth-order valence-corrected chi connectivity index (χ4v) is 4.21. The molecule has 2 aliphatic heterocycles. The minimum atomic E-state index is -0.136. The van der Waals surface area contributed by atoms with Crippen molar-refractivity contribution in [3.8, 4) is 0 Å². The van der Waals surface area contributed by atoms with E-state index in [0.29, 0.717) is 0 Å². The van der Waals surface area contributed by atoms with Gasteiger partial charge in [-0.3, -0.25) is 0 Å². The lowest BCUT2D eigenvalue weighted by atomic mass is 10.1. The minimum Gasteiger partial charge on any atom is -0.372 e. The summed E-state index contributed by atoms with van der Waals surface area (Å²) < 4.78 is 5.77. The Labute approximate surface area is 161 Å². The second-order valence-electron chi connectivity index (χ2n) is 8.21. The topological polar surface area (TPSA) is 69.7 Å². The van der Waals surface area contributed by atoms with E-state index >= 15 is 0 Å². The zero-order chi connectivity index (χ0) is 18.8. The van der Waals surface area contributed by atoms with Crippen LogP contribution < -0.4 is 15.5 Å². The number of pyridine rings is 1. The number of aromatic nitrogens is 1. The number of urea groups is 1. The molecule has 27 heavy (non-hydrogen) atoms. The summed E-state index contributed by atoms with van der Waals surface area (Å²) in [6, 6.07) is 4.84. The molecule has 1 aromatic heterocycles. The average molecular weight is 374 g/mol. The van der Waals surface area contributed by atoms with Crippen LogP contribution in [0.2, 0.25) is 0 Å². The third-order valence-corrected chi connectivity index (χ3v) is 5.68. The third-order valence-electron chi connectivity index (χ3n) is 5.68. The highest BCUT2D eigenvalue weighted by Gasteiger charge is 2.32. The molecule has 2 unspecified atom stereocenters. The normalized spacial score (nSPS) is 27.4. The number of rotatable bonds is 4. The predicted octanol–water partition coefficient (Wildman–Crippen LogP) is 2.44. The molecule has 3 aliphatic rings. The summed E-state index contributed by atoms with van der Waals surface area (Å²) >= 11 is 0. The first-order valence-electron chi connectivity index (χ1n) is 10.2. The van der Waals surface area contributed by atoms with Crippen molar-refractivity contribution < 1.29 is 9.53 Å². The summed E-state index contributed by atoms with van der Waals surface area (Å²) in [5.41, 5.74) is 0.723. The summed E-state index contributed by atoms with van der Waals surface area (Å²) in [5.74, 6) is 0.926. The number of hydrogen-bond donors (Lipinski definition) is 2. The summed E-state index contributed by atoms with van der Waals surface area (Å²) in [6.07, 6.45) is 6.91. The Hall–Kier alpha value is -1.86. The Kier molecular flexibility index (Phi) is 5.50. The Balaban J connectivity index is 1.25. The van der Waals surface area contributed by atoms with Gasteiger partial charge >= 0.3 is 6.03 Å². The Morgan fingerprint density at radius 2 is 1.81 bits per heavy atom.